The summed E-state index contributed by atoms with van der Waals surface area (Å²) < 4.78 is 5.08. The second kappa shape index (κ2) is 4.29. The summed E-state index contributed by atoms with van der Waals surface area (Å²) in [6, 6.07) is 0. The van der Waals surface area contributed by atoms with Gasteiger partial charge in [-0.15, -0.1) is 0 Å². The highest BCUT2D eigenvalue weighted by atomic mass is 16.5. The molecule has 1 unspecified atom stereocenters. The molecule has 2 heteroatoms. The quantitative estimate of drug-likeness (QED) is 0.476. The molecule has 1 fully saturated rings. The molecule has 1 aliphatic heterocycles. The lowest BCUT2D eigenvalue weighted by Gasteiger charge is -2.11. The Morgan fingerprint density at radius 1 is 1.75 bits per heavy atom. The second-order valence-electron chi connectivity index (χ2n) is 3.28. The lowest BCUT2D eigenvalue weighted by molar-refractivity contribution is -0.140. The average molecular weight is 168 g/mol. The summed E-state index contributed by atoms with van der Waals surface area (Å²) >= 11 is 0. The number of hydrogen-bond donors (Lipinski definition) is 0. The van der Waals surface area contributed by atoms with Gasteiger partial charge in [0.05, 0.1) is 0 Å². The van der Waals surface area contributed by atoms with E-state index in [0.29, 0.717) is 6.42 Å². The van der Waals surface area contributed by atoms with E-state index in [1.54, 1.807) is 0 Å². The highest BCUT2D eigenvalue weighted by Crippen LogP contribution is 2.23. The molecule has 1 aliphatic rings. The minimum Gasteiger partial charge on any atom is -0.458 e. The van der Waals surface area contributed by atoms with Gasteiger partial charge < -0.3 is 4.74 Å². The number of ether oxygens (including phenoxy) is 1. The Morgan fingerprint density at radius 3 is 3.00 bits per heavy atom. The van der Waals surface area contributed by atoms with Gasteiger partial charge in [0.15, 0.2) is 0 Å². The molecule has 0 saturated carbocycles. The van der Waals surface area contributed by atoms with E-state index in [-0.39, 0.29) is 12.1 Å². The third-order valence-electron chi connectivity index (χ3n) is 2.19. The molecule has 0 aromatic heterocycles. The van der Waals surface area contributed by atoms with Crippen LogP contribution in [0.25, 0.3) is 0 Å². The zero-order valence-electron chi connectivity index (χ0n) is 7.64. The zero-order chi connectivity index (χ0) is 8.97. The number of esters is 1. The molecule has 0 aliphatic carbocycles. The van der Waals surface area contributed by atoms with E-state index >= 15 is 0 Å². The molecule has 1 atom stereocenters. The van der Waals surface area contributed by atoms with Gasteiger partial charge in [0.2, 0.25) is 0 Å². The van der Waals surface area contributed by atoms with Gasteiger partial charge in [-0.1, -0.05) is 19.9 Å². The Morgan fingerprint density at radius 2 is 2.50 bits per heavy atom. The fourth-order valence-corrected chi connectivity index (χ4v) is 1.38. The number of unbranched alkanes of at least 4 members (excludes halogenated alkanes) is 1. The van der Waals surface area contributed by atoms with Gasteiger partial charge in [-0.05, 0) is 24.8 Å². The first-order valence-electron chi connectivity index (χ1n) is 4.61. The van der Waals surface area contributed by atoms with Gasteiger partial charge >= 0.3 is 5.97 Å². The van der Waals surface area contributed by atoms with Gasteiger partial charge in [-0.2, -0.15) is 0 Å². The van der Waals surface area contributed by atoms with Crippen molar-refractivity contribution in [3.63, 3.8) is 0 Å². The van der Waals surface area contributed by atoms with Gasteiger partial charge in [-0.3, -0.25) is 4.79 Å². The maximum atomic E-state index is 10.8. The van der Waals surface area contributed by atoms with Gasteiger partial charge in [-0.25, -0.2) is 0 Å². The third-order valence-corrected chi connectivity index (χ3v) is 2.19. The van der Waals surface area contributed by atoms with Crippen LogP contribution < -0.4 is 0 Å². The van der Waals surface area contributed by atoms with Crippen molar-refractivity contribution in [1.29, 1.82) is 0 Å². The van der Waals surface area contributed by atoms with Gasteiger partial charge in [0.1, 0.15) is 6.10 Å². The summed E-state index contributed by atoms with van der Waals surface area (Å²) in [7, 11) is 0. The molecule has 1 rings (SSSR count). The predicted octanol–water partition coefficient (Wildman–Crippen LogP) is 2.44. The maximum Gasteiger partial charge on any atom is 0.306 e. The summed E-state index contributed by atoms with van der Waals surface area (Å²) in [5, 5.41) is 0. The summed E-state index contributed by atoms with van der Waals surface area (Å²) in [4.78, 5) is 10.8. The van der Waals surface area contributed by atoms with E-state index in [2.05, 4.69) is 13.5 Å². The fraction of sp³-hybridized carbons (Fsp3) is 0.700. The number of rotatable bonds is 4. The molecule has 0 spiro atoms. The normalized spacial score (nSPS) is 22.4. The van der Waals surface area contributed by atoms with Crippen LogP contribution in [-0.4, -0.2) is 12.1 Å². The number of cyclic esters (lactones) is 1. The highest BCUT2D eigenvalue weighted by Gasteiger charge is 2.24. The summed E-state index contributed by atoms with van der Waals surface area (Å²) in [5.41, 5.74) is 1.09. The van der Waals surface area contributed by atoms with Crippen LogP contribution in [0.3, 0.4) is 0 Å². The fourth-order valence-electron chi connectivity index (χ4n) is 1.38. The lowest BCUT2D eigenvalue weighted by atomic mass is 10.0. The molecule has 68 valence electrons. The summed E-state index contributed by atoms with van der Waals surface area (Å²) in [5.74, 6) is -0.0716. The average Bonchev–Trinajstić information content (AvgIpc) is 2.47. The molecule has 0 N–H and O–H groups in total. The van der Waals surface area contributed by atoms with Crippen LogP contribution in [0.4, 0.5) is 0 Å². The van der Waals surface area contributed by atoms with Crippen LogP contribution in [0.15, 0.2) is 12.2 Å². The van der Waals surface area contributed by atoms with Crippen LogP contribution in [0, 0.1) is 0 Å². The van der Waals surface area contributed by atoms with E-state index in [4.69, 9.17) is 4.74 Å². The molecule has 2 nitrogen and oxygen atoms in total. The Bertz CT molecular complexity index is 184. The van der Waals surface area contributed by atoms with E-state index in [1.165, 1.54) is 6.42 Å². The van der Waals surface area contributed by atoms with Crippen molar-refractivity contribution in [3.8, 4) is 0 Å². The van der Waals surface area contributed by atoms with Crippen LogP contribution in [-0.2, 0) is 9.53 Å². The molecule has 0 aromatic carbocycles. The van der Waals surface area contributed by atoms with E-state index in [1.807, 2.05) is 0 Å². The van der Waals surface area contributed by atoms with Crippen molar-refractivity contribution in [1.82, 2.24) is 0 Å². The van der Waals surface area contributed by atoms with Crippen LogP contribution in [0.1, 0.15) is 39.0 Å². The van der Waals surface area contributed by atoms with Crippen LogP contribution in [0.2, 0.25) is 0 Å². The first-order valence-corrected chi connectivity index (χ1v) is 4.61. The predicted molar refractivity (Wildman–Crippen MR) is 47.8 cm³/mol. The standard InChI is InChI=1S/C10H16O2/c1-3-4-5-8(2)9-6-7-10(11)12-9/h9H,2-7H2,1H3. The first kappa shape index (κ1) is 9.30. The number of carbonyl (C=O) groups excluding carboxylic acids is 1. The maximum absolute atomic E-state index is 10.8. The highest BCUT2D eigenvalue weighted by molar-refractivity contribution is 5.72. The summed E-state index contributed by atoms with van der Waals surface area (Å²) in [6.07, 6.45) is 4.72. The molecule has 0 radical (unpaired) electrons. The van der Waals surface area contributed by atoms with Crippen molar-refractivity contribution in [3.05, 3.63) is 12.2 Å². The zero-order valence-corrected chi connectivity index (χ0v) is 7.64. The largest absolute Gasteiger partial charge is 0.458 e. The number of carbonyl (C=O) groups is 1. The van der Waals surface area contributed by atoms with Gasteiger partial charge in [0, 0.05) is 6.42 Å². The SMILES string of the molecule is C=C(CCCC)C1CCC(=O)O1. The van der Waals surface area contributed by atoms with Crippen molar-refractivity contribution >= 4 is 5.97 Å². The molecular formula is C10H16O2. The van der Waals surface area contributed by atoms with Crippen LogP contribution >= 0.6 is 0 Å². The number of hydrogen-bond acceptors (Lipinski definition) is 2. The van der Waals surface area contributed by atoms with E-state index in [9.17, 15) is 4.79 Å². The Hall–Kier alpha value is -0.790. The molecule has 0 bridgehead atoms. The monoisotopic (exact) mass is 168 g/mol. The molecule has 0 aromatic rings. The van der Waals surface area contributed by atoms with Crippen molar-refractivity contribution in [2.75, 3.05) is 0 Å². The van der Waals surface area contributed by atoms with Crippen LogP contribution in [0.5, 0.6) is 0 Å². The Labute approximate surface area is 73.6 Å². The van der Waals surface area contributed by atoms with Crippen molar-refractivity contribution in [2.45, 2.75) is 45.1 Å². The first-order chi connectivity index (χ1) is 5.74. The second-order valence-corrected chi connectivity index (χ2v) is 3.28. The van der Waals surface area contributed by atoms with Crippen molar-refractivity contribution < 1.29 is 9.53 Å². The summed E-state index contributed by atoms with van der Waals surface area (Å²) in [6.45, 7) is 6.08. The molecule has 0 amide bonds. The minimum atomic E-state index is -0.0716. The molecule has 12 heavy (non-hydrogen) atoms. The topological polar surface area (TPSA) is 26.3 Å². The lowest BCUT2D eigenvalue weighted by Crippen LogP contribution is -2.09. The van der Waals surface area contributed by atoms with E-state index in [0.717, 1.165) is 24.8 Å². The minimum absolute atomic E-state index is 0.0176. The van der Waals surface area contributed by atoms with Crippen molar-refractivity contribution in [2.24, 2.45) is 0 Å². The third kappa shape index (κ3) is 2.36. The molecule has 1 saturated heterocycles. The van der Waals surface area contributed by atoms with E-state index < -0.39 is 0 Å². The molecule has 1 heterocycles. The Kier molecular flexibility index (Phi) is 3.32. The van der Waals surface area contributed by atoms with Gasteiger partial charge in [0.25, 0.3) is 0 Å². The Balaban J connectivity index is 2.28. The molecular weight excluding hydrogens is 152 g/mol. The smallest absolute Gasteiger partial charge is 0.306 e.